The van der Waals surface area contributed by atoms with Crippen LogP contribution in [0.2, 0.25) is 0 Å². The fraction of sp³-hybridized carbons (Fsp3) is 0.771. The molecule has 0 rings (SSSR count). The van der Waals surface area contributed by atoms with Crippen LogP contribution in [0.5, 0.6) is 0 Å². The summed E-state index contributed by atoms with van der Waals surface area (Å²) in [5.74, 6) is -14.7. The molecule has 15 N–H and O–H groups in total. The fourth-order valence-electron chi connectivity index (χ4n) is 9.69. The van der Waals surface area contributed by atoms with E-state index < -0.39 is 152 Å². The molecule has 0 aliphatic heterocycles. The molecule has 624 valence electrons. The predicted octanol–water partition coefficient (Wildman–Crippen LogP) is -0.117. The topological polar surface area (TPSA) is 577 Å². The van der Waals surface area contributed by atoms with Crippen LogP contribution in [0, 0.1) is 5.92 Å². The summed E-state index contributed by atoms with van der Waals surface area (Å²) in [5, 5.41) is 78.6. The number of hydrogen-bond donors (Lipinski definition) is 15. The molecule has 0 radical (unpaired) electrons. The summed E-state index contributed by atoms with van der Waals surface area (Å²) in [6.45, 7) is 5.66. The smallest absolute Gasteiger partial charge is 0.326 e. The van der Waals surface area contributed by atoms with E-state index in [0.29, 0.717) is 13.0 Å². The molecule has 9 amide bonds. The van der Waals surface area contributed by atoms with E-state index in [4.69, 9.17) is 43.0 Å². The number of unbranched alkanes of at least 4 members (excludes halogenated alkanes) is 13. The van der Waals surface area contributed by atoms with Crippen molar-refractivity contribution in [3.63, 3.8) is 0 Å². The van der Waals surface area contributed by atoms with Gasteiger partial charge in [-0.1, -0.05) is 90.9 Å². The monoisotopic (exact) mass is 1570 g/mol. The molecule has 39 nitrogen and oxygen atoms in total. The Morgan fingerprint density at radius 2 is 0.450 bits per heavy atom. The number of amides is 9. The molecule has 0 aromatic rings. The van der Waals surface area contributed by atoms with E-state index in [1.54, 1.807) is 13.8 Å². The Morgan fingerprint density at radius 3 is 0.697 bits per heavy atom. The van der Waals surface area contributed by atoms with Crippen molar-refractivity contribution in [1.82, 2.24) is 47.9 Å². The van der Waals surface area contributed by atoms with E-state index in [-0.39, 0.29) is 181 Å². The van der Waals surface area contributed by atoms with Gasteiger partial charge in [0, 0.05) is 77.0 Å². The Balaban J connectivity index is 4.32. The first-order valence-electron chi connectivity index (χ1n) is 37.2. The molecule has 0 unspecified atom stereocenters. The number of rotatable bonds is 75. The van der Waals surface area contributed by atoms with Crippen LogP contribution >= 0.6 is 0 Å². The third-order valence-corrected chi connectivity index (χ3v) is 15.9. The van der Waals surface area contributed by atoms with Gasteiger partial charge in [-0.25, -0.2) is 24.0 Å². The highest BCUT2D eigenvalue weighted by Crippen LogP contribution is 2.15. The van der Waals surface area contributed by atoms with Crippen molar-refractivity contribution >= 4 is 94.8 Å². The third-order valence-electron chi connectivity index (χ3n) is 15.9. The second kappa shape index (κ2) is 66.4. The summed E-state index contributed by atoms with van der Waals surface area (Å²) in [7, 11) is 0. The third kappa shape index (κ3) is 61.9. The van der Waals surface area contributed by atoms with E-state index in [9.17, 15) is 102 Å². The Hall–Kier alpha value is -8.60. The minimum atomic E-state index is -1.74. The Labute approximate surface area is 634 Å². The van der Waals surface area contributed by atoms with Gasteiger partial charge >= 0.3 is 35.8 Å². The van der Waals surface area contributed by atoms with Crippen molar-refractivity contribution in [2.45, 2.75) is 211 Å². The van der Waals surface area contributed by atoms with Gasteiger partial charge in [0.05, 0.1) is 79.3 Å². The zero-order valence-corrected chi connectivity index (χ0v) is 63.0. The van der Waals surface area contributed by atoms with Crippen molar-refractivity contribution in [3.05, 3.63) is 0 Å². The molecular formula is C70H119N9O30. The Morgan fingerprint density at radius 1 is 0.239 bits per heavy atom. The largest absolute Gasteiger partial charge is 0.481 e. The zero-order valence-electron chi connectivity index (χ0n) is 63.0. The van der Waals surface area contributed by atoms with Crippen LogP contribution in [-0.4, -0.2) is 288 Å². The van der Waals surface area contributed by atoms with Gasteiger partial charge in [0.1, 0.15) is 56.6 Å². The first-order chi connectivity index (χ1) is 52.1. The maximum atomic E-state index is 12.8. The predicted molar refractivity (Wildman–Crippen MR) is 384 cm³/mol. The highest BCUT2D eigenvalue weighted by molar-refractivity contribution is 5.89. The quantitative estimate of drug-likeness (QED) is 0.0353. The van der Waals surface area contributed by atoms with Crippen LogP contribution in [0.1, 0.15) is 181 Å². The Bertz CT molecular complexity index is 2710. The summed E-state index contributed by atoms with van der Waals surface area (Å²) in [6, 6.07) is -8.18. The maximum absolute atomic E-state index is 12.8. The number of ether oxygens (including phenoxy) is 8. The van der Waals surface area contributed by atoms with Crippen molar-refractivity contribution < 1.29 is 145 Å². The van der Waals surface area contributed by atoms with Crippen LogP contribution in [0.3, 0.4) is 0 Å². The minimum absolute atomic E-state index is 0.0101. The van der Waals surface area contributed by atoms with Gasteiger partial charge in [0.2, 0.25) is 53.2 Å². The molecule has 0 spiro atoms. The number of ketones is 1. The number of aliphatic carboxylic acids is 6. The van der Waals surface area contributed by atoms with Crippen LogP contribution in [0.4, 0.5) is 0 Å². The standard InChI is InChI=1S/C70H119N9O30/c1-49(2)55(80)45-106-41-37-103-34-30-72-62(87)47-108-43-39-105-36-32-74-64(89)48-109-44-40-104-35-31-73-63(88)46-107-42-38-102-33-29-71-56(81)24-19-50(66(92)93)76-58(83)26-21-52(68(96)97)78-60(85)28-23-54(70(100)101)79-61(86)27-22-53(69(98)99)77-59(84)25-20-51(67(94)95)75-57(82)17-15-13-11-9-7-5-3-4-6-8-10-12-14-16-18-65(90)91/h49-54H,3-48H2,1-2H3,(H,71,81)(H,72,87)(H,73,88)(H,74,89)(H,75,82)(H,76,83)(H,77,84)(H,78,85)(H,79,86)(H,90,91)(H,92,93)(H,94,95)(H,96,97)(H,98,99)(H,100,101)/t50-,51-,52-,53-,54-/m0/s1. The zero-order chi connectivity index (χ0) is 81.2. The van der Waals surface area contributed by atoms with Gasteiger partial charge in [0.25, 0.3) is 0 Å². The van der Waals surface area contributed by atoms with E-state index in [0.717, 1.165) is 83.5 Å². The molecule has 0 saturated carbocycles. The second-order valence-electron chi connectivity index (χ2n) is 25.5. The Kier molecular flexibility index (Phi) is 61.2. The first-order valence-corrected chi connectivity index (χ1v) is 37.2. The van der Waals surface area contributed by atoms with Gasteiger partial charge in [-0.2, -0.15) is 0 Å². The SMILES string of the molecule is CC(C)C(=O)COCCOCCNC(=O)COCCOCCNC(=O)COCCOCCNC(=O)COCCOCCNC(=O)CC[C@H](NC(=O)CC[C@H](NC(=O)CC[C@H](NC(=O)CC[C@H](NC(=O)CC[C@H](NC(=O)CCCCCCCCCCCCCCCCC(=O)O)C(=O)O)C(=O)O)C(=O)O)C(=O)O)C(=O)O. The van der Waals surface area contributed by atoms with E-state index in [1.165, 1.54) is 0 Å². The highest BCUT2D eigenvalue weighted by atomic mass is 16.5. The van der Waals surface area contributed by atoms with Crippen molar-refractivity contribution in [1.29, 1.82) is 0 Å². The number of carboxylic acids is 6. The van der Waals surface area contributed by atoms with E-state index in [1.807, 2.05) is 0 Å². The average Bonchev–Trinajstić information content (AvgIpc) is 0.914. The minimum Gasteiger partial charge on any atom is -0.481 e. The normalized spacial score (nSPS) is 12.4. The molecule has 0 aromatic carbocycles. The van der Waals surface area contributed by atoms with Crippen molar-refractivity contribution in [2.24, 2.45) is 5.92 Å². The molecule has 0 aliphatic rings. The molecule has 39 heteroatoms. The molecular weight excluding hydrogens is 1450 g/mol. The lowest BCUT2D eigenvalue weighted by atomic mass is 10.0. The highest BCUT2D eigenvalue weighted by Gasteiger charge is 2.29. The van der Waals surface area contributed by atoms with Crippen LogP contribution in [-0.2, 0) is 115 Å². The summed E-state index contributed by atoms with van der Waals surface area (Å²) < 4.78 is 42.4. The number of carbonyl (C=O) groups excluding carboxylic acids is 10. The van der Waals surface area contributed by atoms with E-state index in [2.05, 4.69) is 47.9 Å². The molecule has 0 fully saturated rings. The molecule has 0 saturated heterocycles. The molecule has 109 heavy (non-hydrogen) atoms. The van der Waals surface area contributed by atoms with Crippen LogP contribution < -0.4 is 47.9 Å². The number of nitrogens with one attached hydrogen (secondary N) is 9. The number of carboxylic acid groups (broad SMARTS) is 6. The first kappa shape index (κ1) is 100. The summed E-state index contributed by atoms with van der Waals surface area (Å²) >= 11 is 0. The number of carbonyl (C=O) groups is 16. The van der Waals surface area contributed by atoms with Gasteiger partial charge in [-0.3, -0.25) is 52.7 Å². The van der Waals surface area contributed by atoms with Crippen LogP contribution in [0.25, 0.3) is 0 Å². The number of Topliss-reactive ketones (excluding diaryl/α,β-unsaturated/α-hetero) is 1. The van der Waals surface area contributed by atoms with Gasteiger partial charge in [-0.15, -0.1) is 0 Å². The molecule has 5 atom stereocenters. The van der Waals surface area contributed by atoms with Gasteiger partial charge < -0.3 is 116 Å². The average molecular weight is 1570 g/mol. The molecule has 0 aromatic heterocycles. The van der Waals surface area contributed by atoms with Gasteiger partial charge in [0.15, 0.2) is 5.78 Å². The lowest BCUT2D eigenvalue weighted by molar-refractivity contribution is -0.144. The summed E-state index contributed by atoms with van der Waals surface area (Å²) in [4.78, 5) is 194. The lowest BCUT2D eigenvalue weighted by Crippen LogP contribution is -2.46. The number of hydrogen-bond acceptors (Lipinski definition) is 24. The maximum Gasteiger partial charge on any atom is 0.326 e. The van der Waals surface area contributed by atoms with E-state index >= 15 is 0 Å². The second-order valence-corrected chi connectivity index (χ2v) is 25.5. The van der Waals surface area contributed by atoms with Crippen molar-refractivity contribution in [3.8, 4) is 0 Å². The van der Waals surface area contributed by atoms with Crippen LogP contribution in [0.15, 0.2) is 0 Å². The van der Waals surface area contributed by atoms with Gasteiger partial charge in [-0.05, 0) is 44.9 Å². The fourth-order valence-corrected chi connectivity index (χ4v) is 9.69. The molecule has 0 bridgehead atoms. The lowest BCUT2D eigenvalue weighted by Gasteiger charge is -2.19. The molecule has 0 aliphatic carbocycles. The summed E-state index contributed by atoms with van der Waals surface area (Å²) in [6.07, 6.45) is 8.75. The summed E-state index contributed by atoms with van der Waals surface area (Å²) in [5.41, 5.74) is 0. The van der Waals surface area contributed by atoms with Crippen molar-refractivity contribution in [2.75, 3.05) is 132 Å². The molecule has 0 heterocycles.